The number of ether oxygens (including phenoxy) is 2. The van der Waals surface area contributed by atoms with Crippen LogP contribution < -0.4 is 4.74 Å². The highest BCUT2D eigenvalue weighted by atomic mass is 16.5. The fourth-order valence-corrected chi connectivity index (χ4v) is 4.30. The van der Waals surface area contributed by atoms with Crippen molar-refractivity contribution < 1.29 is 9.47 Å². The number of methoxy groups -OCH3 is 2. The minimum absolute atomic E-state index is 0.416. The second kappa shape index (κ2) is 7.20. The molecule has 1 unspecified atom stereocenters. The second-order valence-electron chi connectivity index (χ2n) is 7.11. The lowest BCUT2D eigenvalue weighted by atomic mass is 9.85. The van der Waals surface area contributed by atoms with Gasteiger partial charge in [0, 0.05) is 38.3 Å². The number of nitrogens with zero attached hydrogens (tertiary/aromatic N) is 2. The Hall–Kier alpha value is -1.10. The molecular weight excluding hydrogens is 288 g/mol. The molecule has 4 nitrogen and oxygen atoms in total. The first-order valence-corrected chi connectivity index (χ1v) is 8.74. The van der Waals surface area contributed by atoms with E-state index >= 15 is 0 Å². The maximum Gasteiger partial charge on any atom is 0.118 e. The topological polar surface area (TPSA) is 24.9 Å². The lowest BCUT2D eigenvalue weighted by Crippen LogP contribution is -2.52. The van der Waals surface area contributed by atoms with Crippen molar-refractivity contribution in [2.45, 2.75) is 43.8 Å². The van der Waals surface area contributed by atoms with Crippen molar-refractivity contribution in [1.29, 1.82) is 0 Å². The van der Waals surface area contributed by atoms with Gasteiger partial charge < -0.3 is 9.47 Å². The molecule has 2 aliphatic rings. The molecule has 4 heteroatoms. The summed E-state index contributed by atoms with van der Waals surface area (Å²) in [5, 5.41) is 0. The summed E-state index contributed by atoms with van der Waals surface area (Å²) in [7, 11) is 5.83. The van der Waals surface area contributed by atoms with E-state index in [9.17, 15) is 0 Å². The Morgan fingerprint density at radius 3 is 2.39 bits per heavy atom. The Kier molecular flexibility index (Phi) is 5.24. The molecule has 0 aliphatic carbocycles. The van der Waals surface area contributed by atoms with Crippen LogP contribution in [-0.4, -0.2) is 62.3 Å². The normalized spacial score (nSPS) is 25.1. The number of hydrogen-bond acceptors (Lipinski definition) is 4. The summed E-state index contributed by atoms with van der Waals surface area (Å²) >= 11 is 0. The predicted molar refractivity (Wildman–Crippen MR) is 92.9 cm³/mol. The van der Waals surface area contributed by atoms with Gasteiger partial charge in [0.25, 0.3) is 0 Å². The van der Waals surface area contributed by atoms with Gasteiger partial charge in [-0.2, -0.15) is 0 Å². The van der Waals surface area contributed by atoms with E-state index in [-0.39, 0.29) is 0 Å². The Morgan fingerprint density at radius 1 is 1.09 bits per heavy atom. The molecule has 0 bridgehead atoms. The Balaban J connectivity index is 1.54. The number of benzene rings is 1. The summed E-state index contributed by atoms with van der Waals surface area (Å²) < 4.78 is 10.6. The van der Waals surface area contributed by atoms with Crippen molar-refractivity contribution in [3.63, 3.8) is 0 Å². The fourth-order valence-electron chi connectivity index (χ4n) is 4.30. The quantitative estimate of drug-likeness (QED) is 0.833. The summed E-state index contributed by atoms with van der Waals surface area (Å²) in [5.74, 6) is 0.933. The smallest absolute Gasteiger partial charge is 0.118 e. The highest BCUT2D eigenvalue weighted by Crippen LogP contribution is 2.40. The van der Waals surface area contributed by atoms with Gasteiger partial charge in [-0.25, -0.2) is 0 Å². The molecule has 0 saturated carbocycles. The third-order valence-corrected chi connectivity index (χ3v) is 5.95. The van der Waals surface area contributed by atoms with Gasteiger partial charge in [-0.3, -0.25) is 9.80 Å². The van der Waals surface area contributed by atoms with Crippen molar-refractivity contribution in [1.82, 2.24) is 9.80 Å². The molecule has 1 spiro atoms. The molecule has 2 heterocycles. The third kappa shape index (κ3) is 3.54. The first kappa shape index (κ1) is 16.7. The van der Waals surface area contributed by atoms with Gasteiger partial charge >= 0.3 is 0 Å². The van der Waals surface area contributed by atoms with Crippen LogP contribution in [0.3, 0.4) is 0 Å². The highest BCUT2D eigenvalue weighted by Gasteiger charge is 2.45. The lowest BCUT2D eigenvalue weighted by molar-refractivity contribution is 0.0282. The average molecular weight is 318 g/mol. The molecule has 3 rings (SSSR count). The van der Waals surface area contributed by atoms with E-state index in [2.05, 4.69) is 41.1 Å². The standard InChI is InChI=1S/C19H30N2O2/c1-20-17(15-22-2)8-9-19(20)10-12-21(13-11-19)14-16-4-6-18(23-3)7-5-16/h4-7,17H,8-15H2,1-3H3. The first-order chi connectivity index (χ1) is 11.2. The van der Waals surface area contributed by atoms with Crippen LogP contribution in [0, 0.1) is 0 Å². The van der Waals surface area contributed by atoms with Gasteiger partial charge in [0.15, 0.2) is 0 Å². The molecule has 0 aromatic heterocycles. The van der Waals surface area contributed by atoms with Crippen molar-refractivity contribution in [2.24, 2.45) is 0 Å². The molecule has 2 saturated heterocycles. The maximum atomic E-state index is 5.39. The van der Waals surface area contributed by atoms with Crippen LogP contribution >= 0.6 is 0 Å². The van der Waals surface area contributed by atoms with Gasteiger partial charge in [-0.05, 0) is 50.4 Å². The van der Waals surface area contributed by atoms with Gasteiger partial charge in [-0.15, -0.1) is 0 Å². The Bertz CT molecular complexity index is 495. The summed E-state index contributed by atoms with van der Waals surface area (Å²) in [5.41, 5.74) is 1.79. The van der Waals surface area contributed by atoms with E-state index in [1.165, 1.54) is 44.3 Å². The third-order valence-electron chi connectivity index (χ3n) is 5.95. The fraction of sp³-hybridized carbons (Fsp3) is 0.684. The number of hydrogen-bond donors (Lipinski definition) is 0. The van der Waals surface area contributed by atoms with Crippen molar-refractivity contribution in [2.75, 3.05) is 41.0 Å². The molecule has 23 heavy (non-hydrogen) atoms. The molecule has 0 radical (unpaired) electrons. The van der Waals surface area contributed by atoms with Crippen molar-refractivity contribution >= 4 is 0 Å². The summed E-state index contributed by atoms with van der Waals surface area (Å²) in [6.07, 6.45) is 5.16. The van der Waals surface area contributed by atoms with E-state index in [1.54, 1.807) is 7.11 Å². The van der Waals surface area contributed by atoms with Crippen molar-refractivity contribution in [3.05, 3.63) is 29.8 Å². The molecular formula is C19H30N2O2. The SMILES string of the molecule is COCC1CCC2(CCN(Cc3ccc(OC)cc3)CC2)N1C. The van der Waals surface area contributed by atoms with E-state index in [1.807, 2.05) is 7.11 Å². The number of likely N-dealkylation sites (tertiary alicyclic amines) is 2. The monoisotopic (exact) mass is 318 g/mol. The average Bonchev–Trinajstić information content (AvgIpc) is 2.88. The number of likely N-dealkylation sites (N-methyl/N-ethyl adjacent to an activating group) is 1. The minimum atomic E-state index is 0.416. The zero-order valence-corrected chi connectivity index (χ0v) is 14.8. The Morgan fingerprint density at radius 2 is 1.78 bits per heavy atom. The van der Waals surface area contributed by atoms with Crippen LogP contribution in [0.25, 0.3) is 0 Å². The minimum Gasteiger partial charge on any atom is -0.497 e. The first-order valence-electron chi connectivity index (χ1n) is 8.74. The summed E-state index contributed by atoms with van der Waals surface area (Å²) in [4.78, 5) is 5.20. The van der Waals surface area contributed by atoms with Crippen LogP contribution in [0.15, 0.2) is 24.3 Å². The van der Waals surface area contributed by atoms with Gasteiger partial charge in [0.05, 0.1) is 13.7 Å². The van der Waals surface area contributed by atoms with Crippen LogP contribution in [0.5, 0.6) is 5.75 Å². The summed E-state index contributed by atoms with van der Waals surface area (Å²) in [6.45, 7) is 4.30. The van der Waals surface area contributed by atoms with Crippen LogP contribution in [0.1, 0.15) is 31.2 Å². The molecule has 2 aliphatic heterocycles. The largest absolute Gasteiger partial charge is 0.497 e. The van der Waals surface area contributed by atoms with Crippen LogP contribution in [0.4, 0.5) is 0 Å². The van der Waals surface area contributed by atoms with E-state index in [0.717, 1.165) is 18.9 Å². The van der Waals surface area contributed by atoms with Crippen molar-refractivity contribution in [3.8, 4) is 5.75 Å². The van der Waals surface area contributed by atoms with Crippen LogP contribution in [0.2, 0.25) is 0 Å². The zero-order valence-electron chi connectivity index (χ0n) is 14.8. The van der Waals surface area contributed by atoms with Gasteiger partial charge in [0.1, 0.15) is 5.75 Å². The van der Waals surface area contributed by atoms with Gasteiger partial charge in [-0.1, -0.05) is 12.1 Å². The lowest BCUT2D eigenvalue weighted by Gasteiger charge is -2.45. The predicted octanol–water partition coefficient (Wildman–Crippen LogP) is 2.77. The molecule has 1 aromatic rings. The van der Waals surface area contributed by atoms with Crippen LogP contribution in [-0.2, 0) is 11.3 Å². The van der Waals surface area contributed by atoms with E-state index in [4.69, 9.17) is 9.47 Å². The zero-order chi connectivity index (χ0) is 16.3. The number of rotatable bonds is 5. The molecule has 128 valence electrons. The van der Waals surface area contributed by atoms with E-state index < -0.39 is 0 Å². The molecule has 1 atom stereocenters. The maximum absolute atomic E-state index is 5.39. The molecule has 0 amide bonds. The molecule has 1 aromatic carbocycles. The van der Waals surface area contributed by atoms with Gasteiger partial charge in [0.2, 0.25) is 0 Å². The van der Waals surface area contributed by atoms with E-state index in [0.29, 0.717) is 11.6 Å². The molecule has 0 N–H and O–H groups in total. The number of piperidine rings is 1. The Labute approximate surface area is 140 Å². The highest BCUT2D eigenvalue weighted by molar-refractivity contribution is 5.27. The summed E-state index contributed by atoms with van der Waals surface area (Å²) in [6, 6.07) is 9.08. The second-order valence-corrected chi connectivity index (χ2v) is 7.11. The molecule has 2 fully saturated rings.